The minimum atomic E-state index is -0.504. The van der Waals surface area contributed by atoms with Crippen molar-refractivity contribution in [3.8, 4) is 11.6 Å². The Hall–Kier alpha value is -3.44. The van der Waals surface area contributed by atoms with Crippen LogP contribution in [0.5, 0.6) is 11.6 Å². The topological polar surface area (TPSA) is 68.5 Å². The van der Waals surface area contributed by atoms with Crippen LogP contribution in [0.1, 0.15) is 27.9 Å². The standard InChI is InChI=1S/C24H23N3O2/c25-24(28)20-10-13-23(26-15-20)29-22-11-8-19(9-12-22)21-7-4-14-27(17-21)16-18-5-2-1-3-6-18/h1-3,5-13,15H,4,14,16-17H2,(H2,25,28). The first-order chi connectivity index (χ1) is 14.2. The van der Waals surface area contributed by atoms with E-state index in [4.69, 9.17) is 10.5 Å². The molecule has 4 rings (SSSR count). The van der Waals surface area contributed by atoms with E-state index in [1.165, 1.54) is 22.9 Å². The third-order valence-electron chi connectivity index (χ3n) is 4.95. The molecule has 2 N–H and O–H groups in total. The second kappa shape index (κ2) is 8.71. The van der Waals surface area contributed by atoms with E-state index in [2.05, 4.69) is 58.4 Å². The Bertz CT molecular complexity index is 997. The molecule has 0 fully saturated rings. The summed E-state index contributed by atoms with van der Waals surface area (Å²) in [7, 11) is 0. The van der Waals surface area contributed by atoms with E-state index in [1.54, 1.807) is 12.1 Å². The first-order valence-corrected chi connectivity index (χ1v) is 9.67. The van der Waals surface area contributed by atoms with Crippen molar-refractivity contribution in [1.82, 2.24) is 9.88 Å². The lowest BCUT2D eigenvalue weighted by molar-refractivity contribution is 0.1000. The van der Waals surface area contributed by atoms with Crippen molar-refractivity contribution < 1.29 is 9.53 Å². The first-order valence-electron chi connectivity index (χ1n) is 9.67. The number of carbonyl (C=O) groups excluding carboxylic acids is 1. The summed E-state index contributed by atoms with van der Waals surface area (Å²) in [6, 6.07) is 21.9. The van der Waals surface area contributed by atoms with Crippen molar-refractivity contribution in [2.75, 3.05) is 13.1 Å². The molecule has 0 unspecified atom stereocenters. The SMILES string of the molecule is NC(=O)c1ccc(Oc2ccc(C3=CCCN(Cc4ccccc4)C3)cc2)nc1. The largest absolute Gasteiger partial charge is 0.439 e. The van der Waals surface area contributed by atoms with E-state index >= 15 is 0 Å². The van der Waals surface area contributed by atoms with E-state index < -0.39 is 5.91 Å². The zero-order chi connectivity index (χ0) is 20.1. The quantitative estimate of drug-likeness (QED) is 0.688. The normalized spacial score (nSPS) is 14.3. The fourth-order valence-corrected chi connectivity index (χ4v) is 3.44. The van der Waals surface area contributed by atoms with Gasteiger partial charge in [-0.2, -0.15) is 0 Å². The van der Waals surface area contributed by atoms with E-state index in [0.29, 0.717) is 17.2 Å². The molecule has 1 amide bonds. The molecule has 2 aromatic carbocycles. The van der Waals surface area contributed by atoms with Gasteiger partial charge in [-0.25, -0.2) is 4.98 Å². The van der Waals surface area contributed by atoms with Gasteiger partial charge in [-0.05, 0) is 41.3 Å². The van der Waals surface area contributed by atoms with Gasteiger partial charge in [-0.3, -0.25) is 9.69 Å². The third-order valence-corrected chi connectivity index (χ3v) is 4.95. The molecule has 3 aromatic rings. The Morgan fingerprint density at radius 2 is 1.83 bits per heavy atom. The van der Waals surface area contributed by atoms with Crippen LogP contribution in [0.3, 0.4) is 0 Å². The highest BCUT2D eigenvalue weighted by atomic mass is 16.5. The monoisotopic (exact) mass is 385 g/mol. The van der Waals surface area contributed by atoms with Gasteiger partial charge < -0.3 is 10.5 Å². The van der Waals surface area contributed by atoms with Crippen LogP contribution >= 0.6 is 0 Å². The van der Waals surface area contributed by atoms with E-state index in [9.17, 15) is 4.79 Å². The number of primary amides is 1. The number of hydrogen-bond acceptors (Lipinski definition) is 4. The zero-order valence-corrected chi connectivity index (χ0v) is 16.1. The van der Waals surface area contributed by atoms with Gasteiger partial charge in [0.15, 0.2) is 0 Å². The highest BCUT2D eigenvalue weighted by molar-refractivity contribution is 5.92. The lowest BCUT2D eigenvalue weighted by Gasteiger charge is -2.27. The van der Waals surface area contributed by atoms with Crippen LogP contribution in [0.4, 0.5) is 0 Å². The van der Waals surface area contributed by atoms with Crippen molar-refractivity contribution in [1.29, 1.82) is 0 Å². The smallest absolute Gasteiger partial charge is 0.250 e. The Labute approximate surface area is 170 Å². The molecule has 0 bridgehead atoms. The number of pyridine rings is 1. The molecule has 0 saturated heterocycles. The molecule has 0 saturated carbocycles. The molecule has 29 heavy (non-hydrogen) atoms. The maximum absolute atomic E-state index is 11.1. The second-order valence-electron chi connectivity index (χ2n) is 7.09. The molecule has 0 spiro atoms. The Kier molecular flexibility index (Phi) is 5.68. The molecule has 1 aliphatic rings. The Balaban J connectivity index is 1.39. The van der Waals surface area contributed by atoms with Gasteiger partial charge in [0.2, 0.25) is 11.8 Å². The molecule has 0 aliphatic carbocycles. The third kappa shape index (κ3) is 4.89. The van der Waals surface area contributed by atoms with Crippen LogP contribution in [0.25, 0.3) is 5.57 Å². The van der Waals surface area contributed by atoms with Crippen LogP contribution in [0.15, 0.2) is 79.0 Å². The summed E-state index contributed by atoms with van der Waals surface area (Å²) in [5.74, 6) is 0.620. The number of rotatable bonds is 6. The van der Waals surface area contributed by atoms with Crippen LogP contribution in [-0.4, -0.2) is 28.9 Å². The number of carbonyl (C=O) groups is 1. The van der Waals surface area contributed by atoms with E-state index in [1.807, 2.05) is 12.1 Å². The first kappa shape index (κ1) is 18.9. The summed E-state index contributed by atoms with van der Waals surface area (Å²) in [4.78, 5) is 17.7. The van der Waals surface area contributed by atoms with E-state index in [0.717, 1.165) is 26.1 Å². The van der Waals surface area contributed by atoms with Crippen LogP contribution in [0, 0.1) is 0 Å². The van der Waals surface area contributed by atoms with Gasteiger partial charge in [-0.15, -0.1) is 0 Å². The number of ether oxygens (including phenoxy) is 1. The van der Waals surface area contributed by atoms with Crippen LogP contribution in [-0.2, 0) is 6.54 Å². The minimum Gasteiger partial charge on any atom is -0.439 e. The molecule has 1 aromatic heterocycles. The van der Waals surface area contributed by atoms with Crippen LogP contribution < -0.4 is 10.5 Å². The summed E-state index contributed by atoms with van der Waals surface area (Å²) in [6.45, 7) is 2.98. The molecule has 5 nitrogen and oxygen atoms in total. The van der Waals surface area contributed by atoms with Crippen molar-refractivity contribution in [2.45, 2.75) is 13.0 Å². The van der Waals surface area contributed by atoms with Gasteiger partial charge in [0, 0.05) is 31.9 Å². The Morgan fingerprint density at radius 1 is 1.03 bits per heavy atom. The maximum atomic E-state index is 11.1. The van der Waals surface area contributed by atoms with E-state index in [-0.39, 0.29) is 0 Å². The van der Waals surface area contributed by atoms with Crippen LogP contribution in [0.2, 0.25) is 0 Å². The molecule has 0 radical (unpaired) electrons. The number of aromatic nitrogens is 1. The lowest BCUT2D eigenvalue weighted by atomic mass is 10.0. The number of nitrogens with zero attached hydrogens (tertiary/aromatic N) is 2. The fourth-order valence-electron chi connectivity index (χ4n) is 3.44. The second-order valence-corrected chi connectivity index (χ2v) is 7.09. The summed E-state index contributed by atoms with van der Waals surface area (Å²) in [6.07, 6.45) is 4.79. The van der Waals surface area contributed by atoms with Crippen molar-refractivity contribution in [2.24, 2.45) is 5.73 Å². The fraction of sp³-hybridized carbons (Fsp3) is 0.167. The number of amides is 1. The average molecular weight is 385 g/mol. The highest BCUT2D eigenvalue weighted by Gasteiger charge is 2.14. The van der Waals surface area contributed by atoms with Gasteiger partial charge in [0.1, 0.15) is 5.75 Å². The Morgan fingerprint density at radius 3 is 2.52 bits per heavy atom. The number of hydrogen-bond donors (Lipinski definition) is 1. The maximum Gasteiger partial charge on any atom is 0.250 e. The lowest BCUT2D eigenvalue weighted by Crippen LogP contribution is -2.29. The number of benzene rings is 2. The predicted molar refractivity (Wildman–Crippen MR) is 114 cm³/mol. The van der Waals surface area contributed by atoms with Gasteiger partial charge in [-0.1, -0.05) is 48.5 Å². The predicted octanol–water partition coefficient (Wildman–Crippen LogP) is 4.26. The summed E-state index contributed by atoms with van der Waals surface area (Å²) < 4.78 is 5.76. The summed E-state index contributed by atoms with van der Waals surface area (Å²) >= 11 is 0. The molecule has 2 heterocycles. The molecular formula is C24H23N3O2. The summed E-state index contributed by atoms with van der Waals surface area (Å²) in [5.41, 5.74) is 9.46. The summed E-state index contributed by atoms with van der Waals surface area (Å²) in [5, 5.41) is 0. The van der Waals surface area contributed by atoms with Gasteiger partial charge in [0.05, 0.1) is 5.56 Å². The van der Waals surface area contributed by atoms with Gasteiger partial charge in [0.25, 0.3) is 0 Å². The average Bonchev–Trinajstić information content (AvgIpc) is 2.76. The van der Waals surface area contributed by atoms with Crippen molar-refractivity contribution >= 4 is 11.5 Å². The van der Waals surface area contributed by atoms with Crippen molar-refractivity contribution in [3.63, 3.8) is 0 Å². The molecule has 1 aliphatic heterocycles. The minimum absolute atomic E-state index is 0.358. The van der Waals surface area contributed by atoms with Crippen molar-refractivity contribution in [3.05, 3.63) is 95.7 Å². The van der Waals surface area contributed by atoms with Gasteiger partial charge >= 0.3 is 0 Å². The molecule has 0 atom stereocenters. The molecular weight excluding hydrogens is 362 g/mol. The molecule has 5 heteroatoms. The zero-order valence-electron chi connectivity index (χ0n) is 16.1. The molecule has 146 valence electrons. The number of nitrogens with two attached hydrogens (primary N) is 1. The highest BCUT2D eigenvalue weighted by Crippen LogP contribution is 2.26.